The number of quaternary nitrogens is 1. The second kappa shape index (κ2) is 3.80. The van der Waals surface area contributed by atoms with E-state index in [9.17, 15) is 5.21 Å². The number of hydrogen-bond donors (Lipinski definition) is 1. The van der Waals surface area contributed by atoms with Gasteiger partial charge in [-0.3, -0.25) is 0 Å². The number of fused-ring (bicyclic) bond motifs is 1. The summed E-state index contributed by atoms with van der Waals surface area (Å²) in [5, 5.41) is 10.9. The second-order valence-electron chi connectivity index (χ2n) is 5.76. The first-order valence-corrected chi connectivity index (χ1v) is 6.46. The maximum Gasteiger partial charge on any atom is 0.105 e. The molecule has 2 aliphatic heterocycles. The molecule has 0 aromatic heterocycles. The molecule has 3 nitrogen and oxygen atoms in total. The molecule has 1 spiro atoms. The molecule has 1 fully saturated rings. The summed E-state index contributed by atoms with van der Waals surface area (Å²) in [6.07, 6.45) is 0. The van der Waals surface area contributed by atoms with Crippen LogP contribution in [0.15, 0.2) is 12.1 Å². The average molecular weight is 233 g/mol. The van der Waals surface area contributed by atoms with E-state index in [4.69, 9.17) is 0 Å². The number of rotatable bonds is 0. The molecule has 0 unspecified atom stereocenters. The van der Waals surface area contributed by atoms with Crippen LogP contribution in [0, 0.1) is 13.8 Å². The minimum absolute atomic E-state index is 0.811. The summed E-state index contributed by atoms with van der Waals surface area (Å²) in [5.74, 6) is 0. The Morgan fingerprint density at radius 1 is 1.00 bits per heavy atom. The van der Waals surface area contributed by atoms with Gasteiger partial charge in [-0.1, -0.05) is 0 Å². The van der Waals surface area contributed by atoms with Gasteiger partial charge in [-0.15, -0.1) is 0 Å². The zero-order valence-corrected chi connectivity index (χ0v) is 10.7. The van der Waals surface area contributed by atoms with E-state index in [1.165, 1.54) is 27.3 Å². The van der Waals surface area contributed by atoms with Crippen LogP contribution >= 0.6 is 0 Å². The Morgan fingerprint density at radius 3 is 1.94 bits per heavy atom. The van der Waals surface area contributed by atoms with E-state index in [0.29, 0.717) is 0 Å². The molecule has 0 amide bonds. The molecule has 2 aliphatic rings. The zero-order valence-electron chi connectivity index (χ0n) is 10.7. The van der Waals surface area contributed by atoms with Crippen LogP contribution in [0.25, 0.3) is 0 Å². The van der Waals surface area contributed by atoms with E-state index in [0.717, 1.165) is 43.8 Å². The lowest BCUT2D eigenvalue weighted by molar-refractivity contribution is -0.952. The van der Waals surface area contributed by atoms with Crippen LogP contribution in [-0.4, -0.2) is 40.9 Å². The molecule has 0 atom stereocenters. The first-order valence-electron chi connectivity index (χ1n) is 6.46. The van der Waals surface area contributed by atoms with Gasteiger partial charge in [0.05, 0.1) is 26.2 Å². The predicted octanol–water partition coefficient (Wildman–Crippen LogP) is 1.84. The molecule has 1 aromatic rings. The number of piperazine rings is 1. The molecule has 92 valence electrons. The lowest BCUT2D eigenvalue weighted by Crippen LogP contribution is -2.55. The van der Waals surface area contributed by atoms with Crippen molar-refractivity contribution in [1.82, 2.24) is 5.06 Å². The van der Waals surface area contributed by atoms with Crippen LogP contribution in [0.3, 0.4) is 0 Å². The first-order chi connectivity index (χ1) is 8.08. The quantitative estimate of drug-likeness (QED) is 0.691. The molecule has 3 heteroatoms. The van der Waals surface area contributed by atoms with Crippen LogP contribution in [0.4, 0.5) is 0 Å². The molecular weight excluding hydrogens is 212 g/mol. The highest BCUT2D eigenvalue weighted by atomic mass is 16.5. The van der Waals surface area contributed by atoms with Gasteiger partial charge < -0.3 is 9.69 Å². The maximum atomic E-state index is 9.48. The summed E-state index contributed by atoms with van der Waals surface area (Å²) >= 11 is 0. The Labute approximate surface area is 103 Å². The summed E-state index contributed by atoms with van der Waals surface area (Å²) in [7, 11) is 0. The van der Waals surface area contributed by atoms with Crippen molar-refractivity contribution in [3.63, 3.8) is 0 Å². The van der Waals surface area contributed by atoms with Crippen molar-refractivity contribution in [1.29, 1.82) is 0 Å². The summed E-state index contributed by atoms with van der Waals surface area (Å²) in [6.45, 7) is 10.5. The van der Waals surface area contributed by atoms with Crippen molar-refractivity contribution >= 4 is 0 Å². The van der Waals surface area contributed by atoms with Crippen molar-refractivity contribution in [3.05, 3.63) is 34.4 Å². The number of hydrogen-bond acceptors (Lipinski definition) is 2. The molecular formula is C14H21N2O+. The third-order valence-corrected chi connectivity index (χ3v) is 4.49. The second-order valence-corrected chi connectivity index (χ2v) is 5.76. The van der Waals surface area contributed by atoms with Crippen LogP contribution < -0.4 is 0 Å². The van der Waals surface area contributed by atoms with E-state index in [1.807, 2.05) is 0 Å². The van der Waals surface area contributed by atoms with Gasteiger partial charge in [0.1, 0.15) is 13.1 Å². The molecule has 1 N–H and O–H groups in total. The monoisotopic (exact) mass is 233 g/mol. The predicted molar refractivity (Wildman–Crippen MR) is 66.7 cm³/mol. The Hall–Kier alpha value is -0.900. The lowest BCUT2D eigenvalue weighted by Gasteiger charge is -2.39. The largest absolute Gasteiger partial charge is 0.314 e. The van der Waals surface area contributed by atoms with E-state index in [1.54, 1.807) is 0 Å². The molecule has 0 bridgehead atoms. The van der Waals surface area contributed by atoms with Gasteiger partial charge >= 0.3 is 0 Å². The lowest BCUT2D eigenvalue weighted by atomic mass is 10.0. The Balaban J connectivity index is 1.87. The van der Waals surface area contributed by atoms with Crippen LogP contribution in [0.5, 0.6) is 0 Å². The van der Waals surface area contributed by atoms with Gasteiger partial charge in [0, 0.05) is 11.1 Å². The van der Waals surface area contributed by atoms with Crippen LogP contribution in [0.2, 0.25) is 0 Å². The molecule has 2 heterocycles. The molecule has 1 saturated heterocycles. The van der Waals surface area contributed by atoms with Gasteiger partial charge in [-0.2, -0.15) is 5.06 Å². The number of nitrogens with zero attached hydrogens (tertiary/aromatic N) is 2. The SMILES string of the molecule is Cc1cc2c(cc1C)C[N+]1(CCN(O)CC1)C2. The molecule has 1 aromatic carbocycles. The maximum absolute atomic E-state index is 9.48. The van der Waals surface area contributed by atoms with Crippen LogP contribution in [-0.2, 0) is 13.1 Å². The Morgan fingerprint density at radius 2 is 1.47 bits per heavy atom. The number of hydroxylamine groups is 2. The van der Waals surface area contributed by atoms with E-state index < -0.39 is 0 Å². The molecule has 0 radical (unpaired) electrons. The minimum atomic E-state index is 0.811. The summed E-state index contributed by atoms with van der Waals surface area (Å²) in [5.41, 5.74) is 5.87. The smallest absolute Gasteiger partial charge is 0.105 e. The van der Waals surface area contributed by atoms with Gasteiger partial charge in [0.15, 0.2) is 0 Å². The fourth-order valence-electron chi connectivity index (χ4n) is 3.20. The third-order valence-electron chi connectivity index (χ3n) is 4.49. The molecule has 0 aliphatic carbocycles. The summed E-state index contributed by atoms with van der Waals surface area (Å²) in [6, 6.07) is 4.73. The third kappa shape index (κ3) is 1.88. The van der Waals surface area contributed by atoms with Crippen LogP contribution in [0.1, 0.15) is 22.3 Å². The first kappa shape index (κ1) is 11.2. The van der Waals surface area contributed by atoms with E-state index in [2.05, 4.69) is 26.0 Å². The highest BCUT2D eigenvalue weighted by molar-refractivity contribution is 5.38. The zero-order chi connectivity index (χ0) is 12.0. The fourth-order valence-corrected chi connectivity index (χ4v) is 3.20. The standard InChI is InChI=1S/C14H21N2O/c1-11-7-13-9-16(5-3-15(17)4-6-16)10-14(13)8-12(11)2/h7-8,17H,3-6,9-10H2,1-2H3/q+1. The Bertz CT molecular complexity index is 415. The fraction of sp³-hybridized carbons (Fsp3) is 0.571. The van der Waals surface area contributed by atoms with Crippen molar-refractivity contribution < 1.29 is 9.69 Å². The molecule has 0 saturated carbocycles. The highest BCUT2D eigenvalue weighted by Gasteiger charge is 2.38. The van der Waals surface area contributed by atoms with E-state index >= 15 is 0 Å². The molecule has 3 rings (SSSR count). The average Bonchev–Trinajstić information content (AvgIpc) is 2.62. The normalized spacial score (nSPS) is 23.0. The summed E-state index contributed by atoms with van der Waals surface area (Å²) < 4.78 is 1.15. The topological polar surface area (TPSA) is 23.5 Å². The van der Waals surface area contributed by atoms with Gasteiger partial charge in [0.2, 0.25) is 0 Å². The minimum Gasteiger partial charge on any atom is -0.314 e. The number of benzene rings is 1. The van der Waals surface area contributed by atoms with E-state index in [-0.39, 0.29) is 0 Å². The van der Waals surface area contributed by atoms with Gasteiger partial charge in [-0.05, 0) is 37.1 Å². The van der Waals surface area contributed by atoms with Crippen molar-refractivity contribution in [2.45, 2.75) is 26.9 Å². The van der Waals surface area contributed by atoms with Crippen molar-refractivity contribution in [3.8, 4) is 0 Å². The van der Waals surface area contributed by atoms with Crippen molar-refractivity contribution in [2.24, 2.45) is 0 Å². The summed E-state index contributed by atoms with van der Waals surface area (Å²) in [4.78, 5) is 0. The Kier molecular flexibility index (Phi) is 2.51. The number of aryl methyl sites for hydroxylation is 2. The van der Waals surface area contributed by atoms with Gasteiger partial charge in [0.25, 0.3) is 0 Å². The van der Waals surface area contributed by atoms with Gasteiger partial charge in [-0.25, -0.2) is 0 Å². The van der Waals surface area contributed by atoms with Crippen molar-refractivity contribution in [2.75, 3.05) is 26.2 Å². The molecule has 17 heavy (non-hydrogen) atoms. The highest BCUT2D eigenvalue weighted by Crippen LogP contribution is 2.32.